The molecular weight excluding hydrogens is 334 g/mol. The summed E-state index contributed by atoms with van der Waals surface area (Å²) in [4.78, 5) is 21.8. The highest BCUT2D eigenvalue weighted by Gasteiger charge is 2.11. The number of nitrogens with zero attached hydrogens (tertiary/aromatic N) is 2. The maximum absolute atomic E-state index is 11.6. The van der Waals surface area contributed by atoms with E-state index in [1.807, 2.05) is 19.1 Å². The van der Waals surface area contributed by atoms with Crippen molar-refractivity contribution in [1.29, 1.82) is 0 Å². The van der Waals surface area contributed by atoms with Gasteiger partial charge in [0.05, 0.1) is 11.1 Å². The third-order valence-electron chi connectivity index (χ3n) is 2.96. The van der Waals surface area contributed by atoms with Crippen LogP contribution >= 0.6 is 11.6 Å². The fourth-order valence-corrected chi connectivity index (χ4v) is 1.93. The quantitative estimate of drug-likeness (QED) is 0.493. The molecule has 0 bridgehead atoms. The SMILES string of the molecule is Cc1ccc(OCC(=O)N/N=C\c2ccc(Cl)c([N+](=O)[O-])c2)cc1. The van der Waals surface area contributed by atoms with Crippen LogP contribution in [0, 0.1) is 17.0 Å². The maximum Gasteiger partial charge on any atom is 0.288 e. The summed E-state index contributed by atoms with van der Waals surface area (Å²) in [6, 6.07) is 11.5. The van der Waals surface area contributed by atoms with Crippen molar-refractivity contribution in [3.05, 3.63) is 68.7 Å². The minimum absolute atomic E-state index is 0.0349. The van der Waals surface area contributed by atoms with Gasteiger partial charge in [0.2, 0.25) is 0 Å². The lowest BCUT2D eigenvalue weighted by molar-refractivity contribution is -0.384. The number of halogens is 1. The van der Waals surface area contributed by atoms with Crippen LogP contribution in [0.3, 0.4) is 0 Å². The average molecular weight is 348 g/mol. The summed E-state index contributed by atoms with van der Waals surface area (Å²) in [5.74, 6) is 0.128. The van der Waals surface area contributed by atoms with Gasteiger partial charge in [0, 0.05) is 11.6 Å². The van der Waals surface area contributed by atoms with Gasteiger partial charge in [0.15, 0.2) is 6.61 Å². The van der Waals surface area contributed by atoms with Crippen molar-refractivity contribution in [3.63, 3.8) is 0 Å². The van der Waals surface area contributed by atoms with Gasteiger partial charge in [-0.2, -0.15) is 5.10 Å². The molecule has 0 unspecified atom stereocenters. The highest BCUT2D eigenvalue weighted by atomic mass is 35.5. The Morgan fingerprint density at radius 3 is 2.71 bits per heavy atom. The number of hydrazone groups is 1. The molecule has 2 aromatic rings. The number of amides is 1. The number of benzene rings is 2. The molecule has 8 heteroatoms. The first kappa shape index (κ1) is 17.4. The Bertz CT molecular complexity index is 775. The number of carbonyl (C=O) groups excluding carboxylic acids is 1. The standard InChI is InChI=1S/C16H14ClN3O4/c1-11-2-5-13(6-3-11)24-10-16(21)19-18-9-12-4-7-14(17)15(8-12)20(22)23/h2-9H,10H2,1H3,(H,19,21)/b18-9-. The van der Waals surface area contributed by atoms with E-state index in [9.17, 15) is 14.9 Å². The van der Waals surface area contributed by atoms with Crippen molar-refractivity contribution in [3.8, 4) is 5.75 Å². The van der Waals surface area contributed by atoms with Gasteiger partial charge in [-0.1, -0.05) is 35.4 Å². The normalized spacial score (nSPS) is 10.6. The van der Waals surface area contributed by atoms with E-state index < -0.39 is 10.8 Å². The lowest BCUT2D eigenvalue weighted by Gasteiger charge is -2.05. The van der Waals surface area contributed by atoms with Crippen LogP contribution in [0.1, 0.15) is 11.1 Å². The largest absolute Gasteiger partial charge is 0.484 e. The van der Waals surface area contributed by atoms with Gasteiger partial charge in [0.1, 0.15) is 10.8 Å². The molecule has 2 aromatic carbocycles. The maximum atomic E-state index is 11.6. The van der Waals surface area contributed by atoms with E-state index in [0.717, 1.165) is 5.56 Å². The molecular formula is C16H14ClN3O4. The van der Waals surface area contributed by atoms with E-state index >= 15 is 0 Å². The van der Waals surface area contributed by atoms with Gasteiger partial charge in [-0.15, -0.1) is 0 Å². The second-order valence-corrected chi connectivity index (χ2v) is 5.27. The molecule has 1 N–H and O–H groups in total. The summed E-state index contributed by atoms with van der Waals surface area (Å²) in [5, 5.41) is 14.5. The first-order chi connectivity index (χ1) is 11.5. The van der Waals surface area contributed by atoms with Gasteiger partial charge in [-0.05, 0) is 25.1 Å². The van der Waals surface area contributed by atoms with Crippen LogP contribution in [-0.2, 0) is 4.79 Å². The zero-order valence-electron chi connectivity index (χ0n) is 12.7. The molecule has 24 heavy (non-hydrogen) atoms. The molecule has 7 nitrogen and oxygen atoms in total. The van der Waals surface area contributed by atoms with Gasteiger partial charge in [-0.3, -0.25) is 14.9 Å². The van der Waals surface area contributed by atoms with Gasteiger partial charge in [0.25, 0.3) is 11.6 Å². The van der Waals surface area contributed by atoms with Gasteiger partial charge < -0.3 is 4.74 Å². The van der Waals surface area contributed by atoms with E-state index in [1.54, 1.807) is 18.2 Å². The average Bonchev–Trinajstić information content (AvgIpc) is 2.55. The Kier molecular flexibility index (Phi) is 5.86. The summed E-state index contributed by atoms with van der Waals surface area (Å²) >= 11 is 5.71. The fourth-order valence-electron chi connectivity index (χ4n) is 1.74. The molecule has 0 atom stereocenters. The van der Waals surface area contributed by atoms with Crippen LogP contribution in [0.2, 0.25) is 5.02 Å². The van der Waals surface area contributed by atoms with E-state index in [4.69, 9.17) is 16.3 Å². The summed E-state index contributed by atoms with van der Waals surface area (Å²) in [6.45, 7) is 1.76. The van der Waals surface area contributed by atoms with Crippen LogP contribution in [0.25, 0.3) is 0 Å². The number of hydrogen-bond acceptors (Lipinski definition) is 5. The number of rotatable bonds is 6. The molecule has 0 aliphatic rings. The molecule has 0 aliphatic carbocycles. The van der Waals surface area contributed by atoms with E-state index in [2.05, 4.69) is 10.5 Å². The van der Waals surface area contributed by atoms with Crippen molar-refractivity contribution in [2.75, 3.05) is 6.61 Å². The summed E-state index contributed by atoms with van der Waals surface area (Å²) in [5.41, 5.74) is 3.58. The molecule has 0 spiro atoms. The zero-order chi connectivity index (χ0) is 17.5. The molecule has 0 saturated carbocycles. The molecule has 0 saturated heterocycles. The zero-order valence-corrected chi connectivity index (χ0v) is 13.5. The van der Waals surface area contributed by atoms with Crippen molar-refractivity contribution in [1.82, 2.24) is 5.43 Å². The van der Waals surface area contributed by atoms with Crippen LogP contribution < -0.4 is 10.2 Å². The second kappa shape index (κ2) is 8.07. The smallest absolute Gasteiger partial charge is 0.288 e. The Balaban J connectivity index is 1.87. The first-order valence-electron chi connectivity index (χ1n) is 6.91. The molecule has 124 valence electrons. The lowest BCUT2D eigenvalue weighted by atomic mass is 10.2. The molecule has 1 amide bonds. The molecule has 0 aromatic heterocycles. The number of nitrogens with one attached hydrogen (secondary N) is 1. The predicted molar refractivity (Wildman–Crippen MR) is 90.5 cm³/mol. The molecule has 0 heterocycles. The monoisotopic (exact) mass is 347 g/mol. The number of ether oxygens (including phenoxy) is 1. The Morgan fingerprint density at radius 2 is 2.04 bits per heavy atom. The van der Waals surface area contributed by atoms with Gasteiger partial charge >= 0.3 is 0 Å². The van der Waals surface area contributed by atoms with Crippen LogP contribution in [0.5, 0.6) is 5.75 Å². The van der Waals surface area contributed by atoms with Crippen molar-refractivity contribution in [2.45, 2.75) is 6.92 Å². The minimum Gasteiger partial charge on any atom is -0.484 e. The summed E-state index contributed by atoms with van der Waals surface area (Å²) in [7, 11) is 0. The Morgan fingerprint density at radius 1 is 1.33 bits per heavy atom. The van der Waals surface area contributed by atoms with Gasteiger partial charge in [-0.25, -0.2) is 5.43 Å². The van der Waals surface area contributed by atoms with Crippen molar-refractivity contribution >= 4 is 29.4 Å². The topological polar surface area (TPSA) is 93.8 Å². The molecule has 0 radical (unpaired) electrons. The molecule has 2 rings (SSSR count). The molecule has 0 fully saturated rings. The molecule has 0 aliphatic heterocycles. The fraction of sp³-hybridized carbons (Fsp3) is 0.125. The van der Waals surface area contributed by atoms with E-state index in [0.29, 0.717) is 11.3 Å². The Labute approximate surface area is 143 Å². The third kappa shape index (κ3) is 5.06. The second-order valence-electron chi connectivity index (χ2n) is 4.86. The van der Waals surface area contributed by atoms with Crippen molar-refractivity contribution < 1.29 is 14.5 Å². The number of nitro groups is 1. The number of nitro benzene ring substituents is 1. The number of aryl methyl sites for hydroxylation is 1. The first-order valence-corrected chi connectivity index (χ1v) is 7.29. The summed E-state index contributed by atoms with van der Waals surface area (Å²) < 4.78 is 5.30. The number of hydrogen-bond donors (Lipinski definition) is 1. The van der Waals surface area contributed by atoms with Crippen LogP contribution in [0.4, 0.5) is 5.69 Å². The lowest BCUT2D eigenvalue weighted by Crippen LogP contribution is -2.24. The predicted octanol–water partition coefficient (Wildman–Crippen LogP) is 3.09. The summed E-state index contributed by atoms with van der Waals surface area (Å²) in [6.07, 6.45) is 1.28. The van der Waals surface area contributed by atoms with E-state index in [-0.39, 0.29) is 17.3 Å². The highest BCUT2D eigenvalue weighted by molar-refractivity contribution is 6.32. The van der Waals surface area contributed by atoms with Crippen LogP contribution in [0.15, 0.2) is 47.6 Å². The van der Waals surface area contributed by atoms with Crippen molar-refractivity contribution in [2.24, 2.45) is 5.10 Å². The number of carbonyl (C=O) groups is 1. The van der Waals surface area contributed by atoms with E-state index in [1.165, 1.54) is 18.3 Å². The minimum atomic E-state index is -0.590. The highest BCUT2D eigenvalue weighted by Crippen LogP contribution is 2.24. The third-order valence-corrected chi connectivity index (χ3v) is 3.28. The van der Waals surface area contributed by atoms with Crippen LogP contribution in [-0.4, -0.2) is 23.7 Å². The Hall–Kier alpha value is -2.93.